The van der Waals surface area contributed by atoms with Crippen LogP contribution >= 0.6 is 0 Å². The first-order chi connectivity index (χ1) is 9.62. The Bertz CT molecular complexity index is 644. The first-order valence-electron chi connectivity index (χ1n) is 6.95. The highest BCUT2D eigenvalue weighted by Gasteiger charge is 2.30. The van der Waals surface area contributed by atoms with Gasteiger partial charge in [-0.25, -0.2) is 4.98 Å². The number of nitrogens with zero attached hydrogens (tertiary/aromatic N) is 5. The van der Waals surface area contributed by atoms with Gasteiger partial charge in [-0.15, -0.1) is 0 Å². The Hall–Kier alpha value is -2.06. The highest BCUT2D eigenvalue weighted by Crippen LogP contribution is 2.21. The molecule has 104 valence electrons. The van der Waals surface area contributed by atoms with Crippen LogP contribution in [0.25, 0.3) is 5.65 Å². The van der Waals surface area contributed by atoms with Gasteiger partial charge < -0.3 is 4.90 Å². The molecule has 0 saturated carbocycles. The lowest BCUT2D eigenvalue weighted by Gasteiger charge is -2.41. The molecular formula is C15H19N5. The lowest BCUT2D eigenvalue weighted by atomic mass is 10.0. The van der Waals surface area contributed by atoms with Gasteiger partial charge >= 0.3 is 0 Å². The zero-order valence-corrected chi connectivity index (χ0v) is 12.0. The molecule has 0 unspecified atom stereocenters. The normalized spacial score (nSPS) is 17.4. The predicted octanol–water partition coefficient (Wildman–Crippen LogP) is 1.76. The Morgan fingerprint density at radius 3 is 2.65 bits per heavy atom. The molecule has 2 aromatic heterocycles. The van der Waals surface area contributed by atoms with Gasteiger partial charge in [-0.05, 0) is 26.0 Å². The fraction of sp³-hybridized carbons (Fsp3) is 0.467. The van der Waals surface area contributed by atoms with E-state index in [0.29, 0.717) is 0 Å². The van der Waals surface area contributed by atoms with Gasteiger partial charge in [0.2, 0.25) is 0 Å². The van der Waals surface area contributed by atoms with Gasteiger partial charge in [0.25, 0.3) is 0 Å². The highest BCUT2D eigenvalue weighted by molar-refractivity contribution is 5.51. The zero-order valence-electron chi connectivity index (χ0n) is 12.0. The second-order valence-corrected chi connectivity index (χ2v) is 5.68. The number of fused-ring (bicyclic) bond motifs is 1. The number of rotatable bonds is 2. The van der Waals surface area contributed by atoms with Crippen LogP contribution in [0.15, 0.2) is 30.6 Å². The van der Waals surface area contributed by atoms with E-state index < -0.39 is 0 Å². The summed E-state index contributed by atoms with van der Waals surface area (Å²) >= 11 is 0. The smallest absolute Gasteiger partial charge is 0.138 e. The van der Waals surface area contributed by atoms with Crippen molar-refractivity contribution in [3.05, 3.63) is 30.6 Å². The zero-order chi connectivity index (χ0) is 14.2. The van der Waals surface area contributed by atoms with Gasteiger partial charge in [-0.2, -0.15) is 5.26 Å². The van der Waals surface area contributed by atoms with Crippen molar-refractivity contribution in [2.45, 2.75) is 19.4 Å². The molecule has 0 bridgehead atoms. The molecule has 20 heavy (non-hydrogen) atoms. The molecule has 0 N–H and O–H groups in total. The van der Waals surface area contributed by atoms with Crippen LogP contribution in [0.4, 0.5) is 5.82 Å². The Morgan fingerprint density at radius 1 is 1.20 bits per heavy atom. The molecule has 5 nitrogen and oxygen atoms in total. The Kier molecular flexibility index (Phi) is 3.11. The Labute approximate surface area is 119 Å². The van der Waals surface area contributed by atoms with Crippen LogP contribution in [0.5, 0.6) is 0 Å². The molecule has 1 saturated heterocycles. The van der Waals surface area contributed by atoms with E-state index in [-0.39, 0.29) is 5.54 Å². The van der Waals surface area contributed by atoms with E-state index in [2.05, 4.69) is 31.3 Å². The third-order valence-electron chi connectivity index (χ3n) is 4.07. The average molecular weight is 269 g/mol. The first-order valence-corrected chi connectivity index (χ1v) is 6.95. The molecule has 5 heteroatoms. The maximum atomic E-state index is 9.23. The molecule has 1 aliphatic rings. The maximum absolute atomic E-state index is 9.23. The topological polar surface area (TPSA) is 47.6 Å². The lowest BCUT2D eigenvalue weighted by Crippen LogP contribution is -2.54. The summed E-state index contributed by atoms with van der Waals surface area (Å²) in [6.07, 6.45) is 3.82. The van der Waals surface area contributed by atoms with Crippen molar-refractivity contribution in [2.24, 2.45) is 0 Å². The third-order valence-corrected chi connectivity index (χ3v) is 4.07. The number of aromatic nitrogens is 2. The molecule has 0 aromatic carbocycles. The highest BCUT2D eigenvalue weighted by atomic mass is 15.3. The summed E-state index contributed by atoms with van der Waals surface area (Å²) in [6.45, 7) is 7.65. The van der Waals surface area contributed by atoms with Gasteiger partial charge in [-0.1, -0.05) is 6.07 Å². The van der Waals surface area contributed by atoms with Crippen LogP contribution in [-0.2, 0) is 0 Å². The fourth-order valence-electron chi connectivity index (χ4n) is 2.76. The summed E-state index contributed by atoms with van der Waals surface area (Å²) in [6, 6.07) is 8.57. The largest absolute Gasteiger partial charge is 0.355 e. The summed E-state index contributed by atoms with van der Waals surface area (Å²) in [7, 11) is 0. The second kappa shape index (κ2) is 4.80. The summed E-state index contributed by atoms with van der Waals surface area (Å²) in [5.41, 5.74) is 0.592. The van der Waals surface area contributed by atoms with E-state index in [0.717, 1.165) is 31.8 Å². The third kappa shape index (κ3) is 2.12. The lowest BCUT2D eigenvalue weighted by molar-refractivity contribution is 0.157. The molecule has 2 aromatic rings. The molecule has 0 atom stereocenters. The summed E-state index contributed by atoms with van der Waals surface area (Å²) < 4.78 is 2.12. The molecule has 0 radical (unpaired) electrons. The molecule has 0 amide bonds. The number of hydrogen-bond acceptors (Lipinski definition) is 4. The number of piperazine rings is 1. The van der Waals surface area contributed by atoms with E-state index in [1.807, 2.05) is 38.4 Å². The van der Waals surface area contributed by atoms with Gasteiger partial charge in [0, 0.05) is 38.6 Å². The standard InChI is InChI=1S/C15H19N5/c1-15(2,12-16)19-10-8-18(9-11-19)14-5-3-4-13-17-6-7-20(13)14/h3-7H,8-11H2,1-2H3. The van der Waals surface area contributed by atoms with Crippen LogP contribution in [0, 0.1) is 11.3 Å². The summed E-state index contributed by atoms with van der Waals surface area (Å²) in [5, 5.41) is 9.23. The van der Waals surface area contributed by atoms with Crippen LogP contribution in [0.2, 0.25) is 0 Å². The minimum atomic E-state index is -0.382. The van der Waals surface area contributed by atoms with Crippen molar-refractivity contribution >= 4 is 11.5 Å². The number of anilines is 1. The van der Waals surface area contributed by atoms with Crippen LogP contribution in [0.3, 0.4) is 0 Å². The maximum Gasteiger partial charge on any atom is 0.138 e. The first kappa shape index (κ1) is 12.9. The average Bonchev–Trinajstić information content (AvgIpc) is 2.95. The van der Waals surface area contributed by atoms with Crippen molar-refractivity contribution in [3.8, 4) is 6.07 Å². The molecular weight excluding hydrogens is 250 g/mol. The van der Waals surface area contributed by atoms with Gasteiger partial charge in [0.1, 0.15) is 17.0 Å². The minimum Gasteiger partial charge on any atom is -0.355 e. The molecule has 0 spiro atoms. The summed E-state index contributed by atoms with van der Waals surface area (Å²) in [5.74, 6) is 1.18. The Balaban J connectivity index is 1.79. The monoisotopic (exact) mass is 269 g/mol. The number of pyridine rings is 1. The minimum absolute atomic E-state index is 0.382. The van der Waals surface area contributed by atoms with E-state index in [4.69, 9.17) is 0 Å². The van der Waals surface area contributed by atoms with Crippen molar-refractivity contribution < 1.29 is 0 Å². The SMILES string of the molecule is CC(C)(C#N)N1CCN(c2cccc3nccn23)CC1. The quantitative estimate of drug-likeness (QED) is 0.833. The van der Waals surface area contributed by atoms with E-state index in [1.165, 1.54) is 5.82 Å². The molecule has 1 aliphatic heterocycles. The predicted molar refractivity (Wildman–Crippen MR) is 78.7 cm³/mol. The van der Waals surface area contributed by atoms with E-state index in [1.54, 1.807) is 0 Å². The fourth-order valence-corrected chi connectivity index (χ4v) is 2.76. The van der Waals surface area contributed by atoms with Crippen molar-refractivity contribution in [2.75, 3.05) is 31.1 Å². The van der Waals surface area contributed by atoms with Crippen LogP contribution in [0.1, 0.15) is 13.8 Å². The number of imidazole rings is 1. The van der Waals surface area contributed by atoms with Crippen molar-refractivity contribution in [3.63, 3.8) is 0 Å². The van der Waals surface area contributed by atoms with E-state index in [9.17, 15) is 5.26 Å². The second-order valence-electron chi connectivity index (χ2n) is 5.68. The van der Waals surface area contributed by atoms with Crippen LogP contribution < -0.4 is 4.90 Å². The molecule has 0 aliphatic carbocycles. The summed E-state index contributed by atoms with van der Waals surface area (Å²) in [4.78, 5) is 8.93. The van der Waals surface area contributed by atoms with Crippen molar-refractivity contribution in [1.29, 1.82) is 5.26 Å². The van der Waals surface area contributed by atoms with E-state index >= 15 is 0 Å². The van der Waals surface area contributed by atoms with Gasteiger partial charge in [0.05, 0.1) is 6.07 Å². The van der Waals surface area contributed by atoms with Gasteiger partial charge in [-0.3, -0.25) is 9.30 Å². The van der Waals surface area contributed by atoms with Crippen LogP contribution in [-0.4, -0.2) is 46.0 Å². The molecule has 3 rings (SSSR count). The Morgan fingerprint density at radius 2 is 1.95 bits per heavy atom. The van der Waals surface area contributed by atoms with Crippen molar-refractivity contribution in [1.82, 2.24) is 14.3 Å². The van der Waals surface area contributed by atoms with Gasteiger partial charge in [0.15, 0.2) is 0 Å². The number of hydrogen-bond donors (Lipinski definition) is 0. The molecule has 3 heterocycles. The number of nitriles is 1. The molecule has 1 fully saturated rings.